The SMILES string of the molecule is COc1cc([N+](=O)[O-])ccc1NC(=O)CSc1n[nH]c(-c2ccccc2O)n1. The van der Waals surface area contributed by atoms with Gasteiger partial charge in [-0.05, 0) is 18.2 Å². The summed E-state index contributed by atoms with van der Waals surface area (Å²) in [5.74, 6) is 0.299. The van der Waals surface area contributed by atoms with Crippen LogP contribution in [-0.2, 0) is 4.79 Å². The van der Waals surface area contributed by atoms with Crippen LogP contribution in [0.25, 0.3) is 11.4 Å². The lowest BCUT2D eigenvalue weighted by atomic mass is 10.2. The van der Waals surface area contributed by atoms with Crippen LogP contribution >= 0.6 is 11.8 Å². The fourth-order valence-electron chi connectivity index (χ4n) is 2.32. The average Bonchev–Trinajstić information content (AvgIpc) is 3.15. The van der Waals surface area contributed by atoms with Crippen LogP contribution in [0.1, 0.15) is 0 Å². The van der Waals surface area contributed by atoms with Gasteiger partial charge in [-0.3, -0.25) is 20.0 Å². The van der Waals surface area contributed by atoms with Crippen LogP contribution in [0, 0.1) is 10.1 Å². The summed E-state index contributed by atoms with van der Waals surface area (Å²) in [7, 11) is 1.36. The van der Waals surface area contributed by atoms with Gasteiger partial charge in [0.05, 0.1) is 35.1 Å². The van der Waals surface area contributed by atoms with Crippen LogP contribution in [0.2, 0.25) is 0 Å². The van der Waals surface area contributed by atoms with Crippen molar-refractivity contribution in [1.82, 2.24) is 15.2 Å². The second-order valence-electron chi connectivity index (χ2n) is 5.46. The number of nitrogens with one attached hydrogen (secondary N) is 2. The molecule has 0 saturated carbocycles. The lowest BCUT2D eigenvalue weighted by Crippen LogP contribution is -2.14. The summed E-state index contributed by atoms with van der Waals surface area (Å²) in [5, 5.41) is 30.4. The highest BCUT2D eigenvalue weighted by Gasteiger charge is 2.15. The summed E-state index contributed by atoms with van der Waals surface area (Å²) in [6, 6.07) is 10.6. The number of benzene rings is 2. The highest BCUT2D eigenvalue weighted by Crippen LogP contribution is 2.30. The molecule has 0 radical (unpaired) electrons. The quantitative estimate of drug-likeness (QED) is 0.311. The number of nitrogens with zero attached hydrogens (tertiary/aromatic N) is 3. The number of H-pyrrole nitrogens is 1. The number of rotatable bonds is 7. The molecular weight excluding hydrogens is 386 g/mol. The molecule has 0 spiro atoms. The van der Waals surface area contributed by atoms with Gasteiger partial charge >= 0.3 is 0 Å². The topological polar surface area (TPSA) is 143 Å². The van der Waals surface area contributed by atoms with Crippen molar-refractivity contribution in [2.24, 2.45) is 0 Å². The third kappa shape index (κ3) is 4.38. The van der Waals surface area contributed by atoms with E-state index in [-0.39, 0.29) is 28.8 Å². The van der Waals surface area contributed by atoms with Crippen LogP contribution in [0.4, 0.5) is 11.4 Å². The largest absolute Gasteiger partial charge is 0.507 e. The lowest BCUT2D eigenvalue weighted by molar-refractivity contribution is -0.384. The number of carbonyl (C=O) groups excluding carboxylic acids is 1. The van der Waals surface area contributed by atoms with Crippen LogP contribution < -0.4 is 10.1 Å². The van der Waals surface area contributed by atoms with E-state index in [0.29, 0.717) is 22.2 Å². The van der Waals surface area contributed by atoms with Crippen molar-refractivity contribution in [3.05, 3.63) is 52.6 Å². The van der Waals surface area contributed by atoms with E-state index in [0.717, 1.165) is 11.8 Å². The predicted molar refractivity (Wildman–Crippen MR) is 102 cm³/mol. The Hall–Kier alpha value is -3.60. The molecule has 0 atom stereocenters. The zero-order valence-corrected chi connectivity index (χ0v) is 15.4. The molecule has 1 heterocycles. The standard InChI is InChI=1S/C17H15N5O5S/c1-27-14-8-10(22(25)26)6-7-12(14)18-15(24)9-28-17-19-16(20-21-17)11-4-2-3-5-13(11)23/h2-8,23H,9H2,1H3,(H,18,24)(H,19,20,21). The van der Waals surface area contributed by atoms with Gasteiger partial charge in [-0.1, -0.05) is 23.9 Å². The molecule has 0 fully saturated rings. The molecule has 10 nitrogen and oxygen atoms in total. The Bertz CT molecular complexity index is 1020. The van der Waals surface area contributed by atoms with Gasteiger partial charge in [-0.2, -0.15) is 0 Å². The fraction of sp³-hybridized carbons (Fsp3) is 0.118. The van der Waals surface area contributed by atoms with Crippen molar-refractivity contribution in [1.29, 1.82) is 0 Å². The molecule has 2 aromatic carbocycles. The molecule has 144 valence electrons. The van der Waals surface area contributed by atoms with Crippen LogP contribution in [0.15, 0.2) is 47.6 Å². The number of ether oxygens (including phenoxy) is 1. The van der Waals surface area contributed by atoms with E-state index in [2.05, 4.69) is 20.5 Å². The molecule has 0 saturated heterocycles. The lowest BCUT2D eigenvalue weighted by Gasteiger charge is -2.09. The third-order valence-corrected chi connectivity index (χ3v) is 4.47. The number of carbonyl (C=O) groups is 1. The molecule has 3 aromatic rings. The maximum Gasteiger partial charge on any atom is 0.273 e. The second-order valence-corrected chi connectivity index (χ2v) is 6.40. The van der Waals surface area contributed by atoms with E-state index in [1.54, 1.807) is 18.2 Å². The third-order valence-electron chi connectivity index (χ3n) is 3.63. The highest BCUT2D eigenvalue weighted by atomic mass is 32.2. The van der Waals surface area contributed by atoms with E-state index in [1.165, 1.54) is 31.4 Å². The predicted octanol–water partition coefficient (Wildman–Crippen LogP) is 2.82. The first-order valence-electron chi connectivity index (χ1n) is 7.94. The number of nitro groups is 1. The van der Waals surface area contributed by atoms with Gasteiger partial charge in [0.1, 0.15) is 11.5 Å². The first-order valence-corrected chi connectivity index (χ1v) is 8.92. The molecule has 11 heteroatoms. The molecule has 28 heavy (non-hydrogen) atoms. The molecule has 0 bridgehead atoms. The molecule has 0 aliphatic heterocycles. The minimum Gasteiger partial charge on any atom is -0.507 e. The Labute approximate surface area is 163 Å². The average molecular weight is 401 g/mol. The first-order chi connectivity index (χ1) is 13.5. The zero-order chi connectivity index (χ0) is 20.1. The van der Waals surface area contributed by atoms with Crippen molar-refractivity contribution in [2.45, 2.75) is 5.16 Å². The summed E-state index contributed by atoms with van der Waals surface area (Å²) in [4.78, 5) is 26.7. The Morgan fingerprint density at radius 1 is 1.36 bits per heavy atom. The normalized spacial score (nSPS) is 10.5. The Morgan fingerprint density at radius 2 is 2.14 bits per heavy atom. The van der Waals surface area contributed by atoms with Gasteiger partial charge in [0, 0.05) is 6.07 Å². The van der Waals surface area contributed by atoms with Gasteiger partial charge in [-0.15, -0.1) is 5.10 Å². The van der Waals surface area contributed by atoms with Gasteiger partial charge in [-0.25, -0.2) is 4.98 Å². The number of hydrogen-bond donors (Lipinski definition) is 3. The van der Waals surface area contributed by atoms with E-state index in [9.17, 15) is 20.0 Å². The van der Waals surface area contributed by atoms with Crippen molar-refractivity contribution in [2.75, 3.05) is 18.2 Å². The number of hydrogen-bond acceptors (Lipinski definition) is 8. The summed E-state index contributed by atoms with van der Waals surface area (Å²) >= 11 is 1.09. The molecule has 3 rings (SSSR count). The highest BCUT2D eigenvalue weighted by molar-refractivity contribution is 7.99. The summed E-state index contributed by atoms with van der Waals surface area (Å²) in [6.45, 7) is 0. The minimum absolute atomic E-state index is 0.0121. The van der Waals surface area contributed by atoms with E-state index >= 15 is 0 Å². The minimum atomic E-state index is -0.546. The smallest absolute Gasteiger partial charge is 0.273 e. The van der Waals surface area contributed by atoms with Gasteiger partial charge in [0.2, 0.25) is 11.1 Å². The molecule has 1 aromatic heterocycles. The maximum atomic E-state index is 12.2. The first kappa shape index (κ1) is 19.2. The number of para-hydroxylation sites is 1. The number of methoxy groups -OCH3 is 1. The Balaban J connectivity index is 1.62. The van der Waals surface area contributed by atoms with Crippen LogP contribution in [0.5, 0.6) is 11.5 Å². The maximum absolute atomic E-state index is 12.2. The fourth-order valence-corrected chi connectivity index (χ4v) is 2.92. The summed E-state index contributed by atoms with van der Waals surface area (Å²) in [6.07, 6.45) is 0. The van der Waals surface area contributed by atoms with Crippen molar-refractivity contribution < 1.29 is 19.6 Å². The number of anilines is 1. The van der Waals surface area contributed by atoms with E-state index in [1.807, 2.05) is 0 Å². The number of aromatic hydroxyl groups is 1. The Morgan fingerprint density at radius 3 is 2.86 bits per heavy atom. The number of amides is 1. The molecule has 3 N–H and O–H groups in total. The van der Waals surface area contributed by atoms with E-state index in [4.69, 9.17) is 4.74 Å². The number of non-ortho nitro benzene ring substituents is 1. The second kappa shape index (κ2) is 8.39. The molecule has 0 aliphatic carbocycles. The summed E-state index contributed by atoms with van der Waals surface area (Å²) in [5.41, 5.74) is 0.687. The summed E-state index contributed by atoms with van der Waals surface area (Å²) < 4.78 is 5.08. The molecule has 1 amide bonds. The van der Waals surface area contributed by atoms with Crippen molar-refractivity contribution in [3.63, 3.8) is 0 Å². The number of phenolic OH excluding ortho intramolecular Hbond substituents is 1. The number of phenols is 1. The van der Waals surface area contributed by atoms with Crippen molar-refractivity contribution in [3.8, 4) is 22.9 Å². The number of thioether (sulfide) groups is 1. The van der Waals surface area contributed by atoms with Crippen LogP contribution in [-0.4, -0.2) is 44.0 Å². The number of nitro benzene ring substituents is 1. The van der Waals surface area contributed by atoms with Crippen LogP contribution in [0.3, 0.4) is 0 Å². The monoisotopic (exact) mass is 401 g/mol. The van der Waals surface area contributed by atoms with Crippen molar-refractivity contribution >= 4 is 29.0 Å². The van der Waals surface area contributed by atoms with Gasteiger partial charge in [0.25, 0.3) is 5.69 Å². The molecular formula is C17H15N5O5S. The number of aromatic nitrogens is 3. The molecule has 0 aliphatic rings. The molecule has 0 unspecified atom stereocenters. The van der Waals surface area contributed by atoms with E-state index < -0.39 is 4.92 Å². The van der Waals surface area contributed by atoms with Gasteiger partial charge < -0.3 is 15.2 Å². The zero-order valence-electron chi connectivity index (χ0n) is 14.6. The Kier molecular flexibility index (Phi) is 5.75. The number of aromatic amines is 1. The van der Waals surface area contributed by atoms with Gasteiger partial charge in [0.15, 0.2) is 5.82 Å².